The number of hydrogen-bond acceptors (Lipinski definition) is 11. The van der Waals surface area contributed by atoms with E-state index in [1.165, 1.54) is 60.9 Å². The molecular formula is C37H35N7O10. The predicted octanol–water partition coefficient (Wildman–Crippen LogP) is 1.94. The number of carbonyl (C=O) groups excluding carboxylic acids is 2. The highest BCUT2D eigenvalue weighted by molar-refractivity contribution is 6.09. The van der Waals surface area contributed by atoms with Gasteiger partial charge < -0.3 is 19.1 Å². The summed E-state index contributed by atoms with van der Waals surface area (Å²) in [4.78, 5) is 84.2. The minimum absolute atomic E-state index is 0.0774. The zero-order valence-corrected chi connectivity index (χ0v) is 29.4. The molecule has 3 aromatic carbocycles. The Balaban J connectivity index is 1.30. The lowest BCUT2D eigenvalue weighted by molar-refractivity contribution is -0.384. The molecule has 17 nitrogen and oxygen atoms in total. The Kier molecular flexibility index (Phi) is 9.10. The molecule has 278 valence electrons. The smallest absolute Gasteiger partial charge is 0.332 e. The van der Waals surface area contributed by atoms with Gasteiger partial charge in [-0.2, -0.15) is 0 Å². The minimum Gasteiger partial charge on any atom is -0.493 e. The molecule has 0 spiro atoms. The lowest BCUT2D eigenvalue weighted by atomic mass is 9.76. The Morgan fingerprint density at radius 2 is 1.67 bits per heavy atom. The number of carboxylic acids is 1. The van der Waals surface area contributed by atoms with E-state index in [1.54, 1.807) is 18.2 Å². The van der Waals surface area contributed by atoms with Crippen LogP contribution in [0.15, 0.2) is 88.7 Å². The second kappa shape index (κ2) is 13.7. The highest BCUT2D eigenvalue weighted by Gasteiger charge is 2.68. The Labute approximate surface area is 306 Å². The van der Waals surface area contributed by atoms with Crippen molar-refractivity contribution >= 4 is 34.6 Å². The van der Waals surface area contributed by atoms with Crippen molar-refractivity contribution in [2.24, 2.45) is 25.9 Å². The number of imidazole rings is 1. The molecule has 7 rings (SSSR count). The number of para-hydroxylation sites is 1. The summed E-state index contributed by atoms with van der Waals surface area (Å²) in [6, 6.07) is 18.6. The number of hydrogen-bond donors (Lipinski definition) is 2. The third-order valence-corrected chi connectivity index (χ3v) is 10.3. The van der Waals surface area contributed by atoms with Crippen molar-refractivity contribution in [2.75, 3.05) is 13.7 Å². The van der Waals surface area contributed by atoms with Crippen molar-refractivity contribution in [3.63, 3.8) is 0 Å². The van der Waals surface area contributed by atoms with Gasteiger partial charge in [0.2, 0.25) is 11.8 Å². The highest BCUT2D eigenvalue weighted by Crippen LogP contribution is 2.52. The highest BCUT2D eigenvalue weighted by atomic mass is 16.6. The molecule has 2 N–H and O–H groups in total. The molecule has 2 saturated heterocycles. The standard InChI is InChI=1S/C37H35N7O10/c1-40-31-29(34(47)41(2)36(40)50)42(20-38-31)16-17-43-32(45)26-27(33(43)46)37(35(48)49,18-21-12-14-23(15-13-21)44(51)52)39-28(26)24-10-7-11-25(53-3)30(24)54-19-22-8-5-4-6-9-22/h4-15,20,26-28,39H,16-19H2,1-3H3,(H,48,49). The molecule has 0 radical (unpaired) electrons. The summed E-state index contributed by atoms with van der Waals surface area (Å²) in [6.07, 6.45) is 1.04. The van der Waals surface area contributed by atoms with Gasteiger partial charge in [0.25, 0.3) is 11.2 Å². The summed E-state index contributed by atoms with van der Waals surface area (Å²) in [5.41, 5.74) is -1.61. The fraction of sp³-hybridized carbons (Fsp3) is 0.297. The molecule has 2 amide bonds. The molecule has 4 heterocycles. The van der Waals surface area contributed by atoms with Crippen molar-refractivity contribution in [3.8, 4) is 11.5 Å². The van der Waals surface area contributed by atoms with Crippen LogP contribution in [0.5, 0.6) is 11.5 Å². The number of methoxy groups -OCH3 is 1. The number of carboxylic acid groups (broad SMARTS) is 1. The predicted molar refractivity (Wildman–Crippen MR) is 191 cm³/mol. The number of nitrogens with one attached hydrogen (secondary N) is 1. The Morgan fingerprint density at radius 1 is 0.944 bits per heavy atom. The van der Waals surface area contributed by atoms with Gasteiger partial charge in [0.15, 0.2) is 22.7 Å². The third-order valence-electron chi connectivity index (χ3n) is 10.3. The molecular weight excluding hydrogens is 702 g/mol. The van der Waals surface area contributed by atoms with E-state index in [2.05, 4.69) is 10.3 Å². The van der Waals surface area contributed by atoms with Gasteiger partial charge in [-0.3, -0.25) is 48.6 Å². The summed E-state index contributed by atoms with van der Waals surface area (Å²) in [5, 5.41) is 25.5. The van der Waals surface area contributed by atoms with Gasteiger partial charge in [-0.15, -0.1) is 0 Å². The van der Waals surface area contributed by atoms with Crippen LogP contribution in [0.3, 0.4) is 0 Å². The minimum atomic E-state index is -2.05. The van der Waals surface area contributed by atoms with Gasteiger partial charge in [0.1, 0.15) is 12.1 Å². The number of ether oxygens (including phenoxy) is 2. The van der Waals surface area contributed by atoms with Crippen LogP contribution in [-0.2, 0) is 48.1 Å². The largest absolute Gasteiger partial charge is 0.493 e. The Hall–Kier alpha value is -6.62. The van der Waals surface area contributed by atoms with Gasteiger partial charge in [-0.05, 0) is 17.2 Å². The lowest BCUT2D eigenvalue weighted by Gasteiger charge is -2.31. The fourth-order valence-electron chi connectivity index (χ4n) is 7.64. The lowest BCUT2D eigenvalue weighted by Crippen LogP contribution is -2.57. The van der Waals surface area contributed by atoms with E-state index in [9.17, 15) is 39.2 Å². The second-order valence-electron chi connectivity index (χ2n) is 13.3. The summed E-state index contributed by atoms with van der Waals surface area (Å²) in [7, 11) is 4.25. The number of nitro groups is 1. The molecule has 2 aliphatic rings. The summed E-state index contributed by atoms with van der Waals surface area (Å²) in [6.45, 7) is -0.200. The number of rotatable bonds is 12. The van der Waals surface area contributed by atoms with Crippen molar-refractivity contribution in [2.45, 2.75) is 31.2 Å². The van der Waals surface area contributed by atoms with Crippen molar-refractivity contribution in [1.29, 1.82) is 0 Å². The molecule has 2 aliphatic heterocycles. The number of carbonyl (C=O) groups is 3. The number of non-ortho nitro benzene ring substituents is 1. The number of nitrogens with zero attached hydrogens (tertiary/aromatic N) is 6. The van der Waals surface area contributed by atoms with Crippen LogP contribution in [0.2, 0.25) is 0 Å². The third kappa shape index (κ3) is 5.78. The molecule has 17 heteroatoms. The molecule has 0 aliphatic carbocycles. The number of aromatic nitrogens is 4. The van der Waals surface area contributed by atoms with E-state index in [4.69, 9.17) is 9.47 Å². The maximum Gasteiger partial charge on any atom is 0.332 e. The first-order valence-corrected chi connectivity index (χ1v) is 16.9. The first-order chi connectivity index (χ1) is 25.9. The van der Waals surface area contributed by atoms with Crippen molar-refractivity contribution in [1.82, 2.24) is 28.9 Å². The fourth-order valence-corrected chi connectivity index (χ4v) is 7.64. The van der Waals surface area contributed by atoms with E-state index in [-0.39, 0.29) is 48.7 Å². The van der Waals surface area contributed by atoms with Gasteiger partial charge >= 0.3 is 11.7 Å². The molecule has 54 heavy (non-hydrogen) atoms. The Morgan fingerprint density at radius 3 is 2.33 bits per heavy atom. The number of likely N-dealkylation sites (tertiary alicyclic amines) is 1. The van der Waals surface area contributed by atoms with Crippen LogP contribution in [0, 0.1) is 22.0 Å². The molecule has 4 unspecified atom stereocenters. The zero-order chi connectivity index (χ0) is 38.5. The summed E-state index contributed by atoms with van der Waals surface area (Å²) >= 11 is 0. The van der Waals surface area contributed by atoms with E-state index < -0.39 is 57.4 Å². The molecule has 2 fully saturated rings. The summed E-state index contributed by atoms with van der Waals surface area (Å²) in [5.74, 6) is -4.88. The average molecular weight is 738 g/mol. The number of fused-ring (bicyclic) bond motifs is 2. The molecule has 4 atom stereocenters. The van der Waals surface area contributed by atoms with Crippen LogP contribution in [0.25, 0.3) is 11.2 Å². The summed E-state index contributed by atoms with van der Waals surface area (Å²) < 4.78 is 15.5. The van der Waals surface area contributed by atoms with E-state index in [1.807, 2.05) is 30.3 Å². The zero-order valence-electron chi connectivity index (χ0n) is 29.4. The van der Waals surface area contributed by atoms with Crippen molar-refractivity contribution < 1.29 is 33.9 Å². The number of nitro benzene ring substituents is 1. The van der Waals surface area contributed by atoms with E-state index in [0.717, 1.165) is 15.0 Å². The number of amides is 2. The van der Waals surface area contributed by atoms with Gasteiger partial charge in [0, 0.05) is 57.3 Å². The maximum atomic E-state index is 14.5. The number of benzene rings is 3. The number of aryl methyl sites for hydroxylation is 1. The Bertz CT molecular complexity index is 2440. The van der Waals surface area contributed by atoms with E-state index >= 15 is 0 Å². The van der Waals surface area contributed by atoms with Gasteiger partial charge in [0.05, 0.1) is 30.2 Å². The molecule has 2 aromatic heterocycles. The van der Waals surface area contributed by atoms with Crippen LogP contribution in [-0.4, -0.2) is 70.6 Å². The van der Waals surface area contributed by atoms with Crippen molar-refractivity contribution in [3.05, 3.63) is 127 Å². The van der Waals surface area contributed by atoms with Crippen LogP contribution in [0.4, 0.5) is 5.69 Å². The molecule has 0 saturated carbocycles. The van der Waals surface area contributed by atoms with Crippen LogP contribution >= 0.6 is 0 Å². The normalized spacial score (nSPS) is 20.7. The monoisotopic (exact) mass is 737 g/mol. The van der Waals surface area contributed by atoms with E-state index in [0.29, 0.717) is 16.9 Å². The first-order valence-electron chi connectivity index (χ1n) is 16.9. The van der Waals surface area contributed by atoms with Gasteiger partial charge in [-0.25, -0.2) is 9.78 Å². The van der Waals surface area contributed by atoms with Crippen LogP contribution < -0.4 is 26.0 Å². The average Bonchev–Trinajstić information content (AvgIpc) is 3.83. The van der Waals surface area contributed by atoms with Crippen LogP contribution in [0.1, 0.15) is 22.7 Å². The number of aliphatic carboxylic acids is 1. The number of imide groups is 1. The first kappa shape index (κ1) is 35.8. The molecule has 0 bridgehead atoms. The van der Waals surface area contributed by atoms with Gasteiger partial charge in [-0.1, -0.05) is 54.6 Å². The molecule has 5 aromatic rings. The SMILES string of the molecule is COc1cccc(C2NC(Cc3ccc([N+](=O)[O-])cc3)(C(=O)O)C3C(=O)N(CCn4cnc5c4c(=O)n(C)c(=O)n5C)C(=O)C23)c1OCc1ccccc1. The second-order valence-corrected chi connectivity index (χ2v) is 13.3. The maximum absolute atomic E-state index is 14.5. The topological polar surface area (TPSA) is 210 Å². The quantitative estimate of drug-likeness (QED) is 0.107.